The maximum absolute atomic E-state index is 11.9. The topological polar surface area (TPSA) is 48.0 Å². The average Bonchev–Trinajstić information content (AvgIpc) is 2.90. The maximum Gasteiger partial charge on any atom is 0.333 e. The number of rotatable bonds is 5. The Kier molecular flexibility index (Phi) is 5.43. The Bertz CT molecular complexity index is 720. The first kappa shape index (κ1) is 17.5. The second-order valence-corrected chi connectivity index (χ2v) is 6.47. The second-order valence-electron chi connectivity index (χ2n) is 6.47. The first-order valence-corrected chi connectivity index (χ1v) is 8.57. The minimum absolute atomic E-state index is 0.205. The number of nitrogens with zero attached hydrogens (tertiary/aromatic N) is 1. The van der Waals surface area contributed by atoms with Crippen molar-refractivity contribution in [3.8, 4) is 11.5 Å². The maximum atomic E-state index is 11.9. The van der Waals surface area contributed by atoms with Gasteiger partial charge in [0, 0.05) is 36.8 Å². The van der Waals surface area contributed by atoms with Crippen LogP contribution in [0.1, 0.15) is 24.8 Å². The Labute approximate surface area is 148 Å². The minimum Gasteiger partial charge on any atom is -0.497 e. The van der Waals surface area contributed by atoms with E-state index in [-0.39, 0.29) is 5.97 Å². The highest BCUT2D eigenvalue weighted by atomic mass is 16.5. The molecule has 134 valence electrons. The number of hydrogen-bond acceptors (Lipinski definition) is 5. The highest BCUT2D eigenvalue weighted by Gasteiger charge is 2.25. The highest BCUT2D eigenvalue weighted by Crippen LogP contribution is 2.32. The number of esters is 1. The molecule has 1 heterocycles. The van der Waals surface area contributed by atoms with Crippen LogP contribution in [0.4, 0.5) is 0 Å². The summed E-state index contributed by atoms with van der Waals surface area (Å²) in [5.74, 6) is 1.43. The first-order chi connectivity index (χ1) is 12.1. The van der Waals surface area contributed by atoms with E-state index >= 15 is 0 Å². The fourth-order valence-corrected chi connectivity index (χ4v) is 3.57. The molecule has 0 radical (unpaired) electrons. The molecule has 0 amide bonds. The van der Waals surface area contributed by atoms with Crippen LogP contribution in [0.5, 0.6) is 11.5 Å². The molecule has 1 aliphatic heterocycles. The van der Waals surface area contributed by atoms with Crippen LogP contribution in [0.25, 0.3) is 0 Å². The van der Waals surface area contributed by atoms with Crippen molar-refractivity contribution in [3.63, 3.8) is 0 Å². The number of carbonyl (C=O) groups excluding carboxylic acids is 1. The van der Waals surface area contributed by atoms with E-state index in [2.05, 4.69) is 11.0 Å². The normalized spacial score (nSPS) is 17.6. The lowest BCUT2D eigenvalue weighted by Crippen LogP contribution is -2.21. The van der Waals surface area contributed by atoms with Crippen molar-refractivity contribution in [2.24, 2.45) is 0 Å². The minimum atomic E-state index is -0.205. The van der Waals surface area contributed by atoms with Crippen LogP contribution < -0.4 is 9.47 Å². The lowest BCUT2D eigenvalue weighted by atomic mass is 10.1. The Morgan fingerprint density at radius 1 is 1.12 bits per heavy atom. The van der Waals surface area contributed by atoms with Gasteiger partial charge in [-0.15, -0.1) is 0 Å². The Hall–Kier alpha value is -2.27. The van der Waals surface area contributed by atoms with E-state index in [9.17, 15) is 4.79 Å². The van der Waals surface area contributed by atoms with E-state index < -0.39 is 0 Å². The van der Waals surface area contributed by atoms with Crippen LogP contribution in [0.2, 0.25) is 0 Å². The Morgan fingerprint density at radius 3 is 2.68 bits per heavy atom. The number of carbonyl (C=O) groups is 1. The average molecular weight is 343 g/mol. The van der Waals surface area contributed by atoms with Crippen LogP contribution in [-0.2, 0) is 16.1 Å². The molecular formula is C20H25NO4. The molecule has 0 unspecified atom stereocenters. The molecule has 5 heteroatoms. The second kappa shape index (κ2) is 7.74. The summed E-state index contributed by atoms with van der Waals surface area (Å²) in [5.41, 5.74) is 4.63. The molecule has 1 aromatic rings. The fourth-order valence-electron chi connectivity index (χ4n) is 3.57. The van der Waals surface area contributed by atoms with Gasteiger partial charge in [0.15, 0.2) is 0 Å². The first-order valence-electron chi connectivity index (χ1n) is 8.57. The number of ether oxygens (including phenoxy) is 3. The zero-order valence-electron chi connectivity index (χ0n) is 15.1. The van der Waals surface area contributed by atoms with Crippen molar-refractivity contribution in [2.75, 3.05) is 34.4 Å². The zero-order valence-corrected chi connectivity index (χ0v) is 15.1. The van der Waals surface area contributed by atoms with Crippen LogP contribution in [0.3, 0.4) is 0 Å². The third kappa shape index (κ3) is 3.87. The standard InChI is InChI=1S/C20H25NO4/c1-23-18-8-7-16(19(10-18)24-2)12-21-11-15-6-4-5-14(20(22)25-3)9-17(15)13-21/h7-10H,4-6,11-13H2,1-3H3. The van der Waals surface area contributed by atoms with Gasteiger partial charge in [-0.2, -0.15) is 0 Å². The number of methoxy groups -OCH3 is 3. The van der Waals surface area contributed by atoms with Gasteiger partial charge in [-0.1, -0.05) is 11.6 Å². The predicted octanol–water partition coefficient (Wildman–Crippen LogP) is 3.10. The molecule has 0 fully saturated rings. The van der Waals surface area contributed by atoms with Gasteiger partial charge in [-0.05, 0) is 37.0 Å². The lowest BCUT2D eigenvalue weighted by molar-refractivity contribution is -0.136. The molecule has 0 saturated carbocycles. The summed E-state index contributed by atoms with van der Waals surface area (Å²) >= 11 is 0. The molecule has 3 rings (SSSR count). The van der Waals surface area contributed by atoms with Gasteiger partial charge in [-0.3, -0.25) is 4.90 Å². The molecule has 0 bridgehead atoms. The van der Waals surface area contributed by atoms with E-state index in [0.717, 1.165) is 61.5 Å². The Morgan fingerprint density at radius 2 is 1.96 bits per heavy atom. The number of hydrogen-bond donors (Lipinski definition) is 0. The molecule has 0 spiro atoms. The van der Waals surface area contributed by atoms with Crippen molar-refractivity contribution in [1.82, 2.24) is 4.90 Å². The zero-order chi connectivity index (χ0) is 17.8. The molecule has 0 saturated heterocycles. The summed E-state index contributed by atoms with van der Waals surface area (Å²) in [4.78, 5) is 14.3. The van der Waals surface area contributed by atoms with E-state index in [4.69, 9.17) is 14.2 Å². The van der Waals surface area contributed by atoms with Crippen molar-refractivity contribution in [2.45, 2.75) is 25.8 Å². The van der Waals surface area contributed by atoms with Crippen LogP contribution in [0, 0.1) is 0 Å². The van der Waals surface area contributed by atoms with E-state index in [1.54, 1.807) is 14.2 Å². The lowest BCUT2D eigenvalue weighted by Gasteiger charge is -2.19. The molecular weight excluding hydrogens is 318 g/mol. The summed E-state index contributed by atoms with van der Waals surface area (Å²) in [6, 6.07) is 5.93. The Balaban J connectivity index is 1.73. The molecule has 0 atom stereocenters. The monoisotopic (exact) mass is 343 g/mol. The molecule has 25 heavy (non-hydrogen) atoms. The third-order valence-corrected chi connectivity index (χ3v) is 4.87. The van der Waals surface area contributed by atoms with E-state index in [1.165, 1.54) is 18.3 Å². The van der Waals surface area contributed by atoms with Gasteiger partial charge in [-0.25, -0.2) is 4.79 Å². The summed E-state index contributed by atoms with van der Waals surface area (Å²) in [7, 11) is 4.78. The van der Waals surface area contributed by atoms with Crippen molar-refractivity contribution >= 4 is 5.97 Å². The van der Waals surface area contributed by atoms with Crippen LogP contribution in [0.15, 0.2) is 41.0 Å². The smallest absolute Gasteiger partial charge is 0.333 e. The molecule has 0 N–H and O–H groups in total. The van der Waals surface area contributed by atoms with Gasteiger partial charge >= 0.3 is 5.97 Å². The van der Waals surface area contributed by atoms with E-state index in [1.807, 2.05) is 18.2 Å². The number of benzene rings is 1. The van der Waals surface area contributed by atoms with Crippen molar-refractivity contribution in [1.29, 1.82) is 0 Å². The quantitative estimate of drug-likeness (QED) is 0.769. The molecule has 5 nitrogen and oxygen atoms in total. The van der Waals surface area contributed by atoms with Gasteiger partial charge in [0.2, 0.25) is 0 Å². The SMILES string of the molecule is COC(=O)C1=CC2=C(CCC1)CN(Cc1ccc(OC)cc1OC)C2. The van der Waals surface area contributed by atoms with Crippen LogP contribution >= 0.6 is 0 Å². The molecule has 1 aromatic carbocycles. The fraction of sp³-hybridized carbons (Fsp3) is 0.450. The molecule has 1 aliphatic carbocycles. The third-order valence-electron chi connectivity index (χ3n) is 4.87. The van der Waals surface area contributed by atoms with Crippen LogP contribution in [-0.4, -0.2) is 45.3 Å². The summed E-state index contributed by atoms with van der Waals surface area (Å²) in [5, 5.41) is 0. The summed E-state index contributed by atoms with van der Waals surface area (Å²) in [6.07, 6.45) is 4.88. The summed E-state index contributed by atoms with van der Waals surface area (Å²) < 4.78 is 15.7. The largest absolute Gasteiger partial charge is 0.497 e. The molecule has 2 aliphatic rings. The van der Waals surface area contributed by atoms with Gasteiger partial charge < -0.3 is 14.2 Å². The van der Waals surface area contributed by atoms with Crippen molar-refractivity contribution in [3.05, 3.63) is 46.6 Å². The van der Waals surface area contributed by atoms with Gasteiger partial charge in [0.25, 0.3) is 0 Å². The van der Waals surface area contributed by atoms with Gasteiger partial charge in [0.1, 0.15) is 11.5 Å². The molecule has 0 aromatic heterocycles. The highest BCUT2D eigenvalue weighted by molar-refractivity contribution is 5.89. The summed E-state index contributed by atoms with van der Waals surface area (Å²) in [6.45, 7) is 2.60. The van der Waals surface area contributed by atoms with Gasteiger partial charge in [0.05, 0.1) is 21.3 Å². The van der Waals surface area contributed by atoms with E-state index in [0.29, 0.717) is 0 Å². The van der Waals surface area contributed by atoms with Crippen molar-refractivity contribution < 1.29 is 19.0 Å². The predicted molar refractivity (Wildman–Crippen MR) is 95.8 cm³/mol.